The van der Waals surface area contributed by atoms with Gasteiger partial charge in [-0.15, -0.1) is 0 Å². The maximum atomic E-state index is 12.6. The average molecular weight is 459 g/mol. The second kappa shape index (κ2) is 9.26. The molecule has 0 aliphatic heterocycles. The van der Waals surface area contributed by atoms with Crippen LogP contribution in [0.4, 0.5) is 17.2 Å². The van der Waals surface area contributed by atoms with Gasteiger partial charge in [0.25, 0.3) is 10.0 Å². The number of aromatic hydroxyl groups is 1. The third-order valence-corrected chi connectivity index (χ3v) is 5.32. The molecule has 0 aliphatic carbocycles. The summed E-state index contributed by atoms with van der Waals surface area (Å²) in [6, 6.07) is 10.4. The van der Waals surface area contributed by atoms with Gasteiger partial charge in [0, 0.05) is 6.07 Å². The smallest absolute Gasteiger partial charge is 0.339 e. The largest absolute Gasteiger partial charge is 0.507 e. The molecule has 1 aromatic heterocycles. The van der Waals surface area contributed by atoms with Crippen LogP contribution in [-0.4, -0.2) is 48.8 Å². The second-order valence-corrected chi connectivity index (χ2v) is 7.77. The van der Waals surface area contributed by atoms with E-state index >= 15 is 0 Å². The number of benzene rings is 2. The van der Waals surface area contributed by atoms with E-state index in [0.29, 0.717) is 5.69 Å². The maximum Gasteiger partial charge on any atom is 0.339 e. The van der Waals surface area contributed by atoms with Crippen LogP contribution >= 0.6 is 0 Å². The van der Waals surface area contributed by atoms with Crippen LogP contribution < -0.4 is 14.2 Å². The van der Waals surface area contributed by atoms with Gasteiger partial charge in [-0.05, 0) is 42.5 Å². The number of rotatable bonds is 8. The van der Waals surface area contributed by atoms with Crippen molar-refractivity contribution in [3.63, 3.8) is 0 Å². The fourth-order valence-electron chi connectivity index (χ4n) is 2.41. The summed E-state index contributed by atoms with van der Waals surface area (Å²) in [4.78, 5) is 18.8. The zero-order valence-electron chi connectivity index (χ0n) is 16.8. The number of hydrogen-bond acceptors (Lipinski definition) is 10. The number of carboxylic acid groups (broad SMARTS) is 1. The molecule has 0 saturated heterocycles. The third-order valence-electron chi connectivity index (χ3n) is 3.95. The first kappa shape index (κ1) is 22.4. The van der Waals surface area contributed by atoms with Crippen molar-refractivity contribution in [3.05, 3.63) is 54.1 Å². The molecule has 0 saturated carbocycles. The van der Waals surface area contributed by atoms with Crippen molar-refractivity contribution >= 4 is 33.2 Å². The fraction of sp³-hybridized carbons (Fsp3) is 0.105. The molecule has 0 spiro atoms. The molecule has 0 aliphatic rings. The normalized spacial score (nSPS) is 11.3. The number of aromatic carboxylic acids is 1. The van der Waals surface area contributed by atoms with Crippen molar-refractivity contribution < 1.29 is 32.9 Å². The van der Waals surface area contributed by atoms with Gasteiger partial charge in [0.15, 0.2) is 5.82 Å². The topological polar surface area (TPSA) is 173 Å². The number of azo groups is 1. The fourth-order valence-corrected chi connectivity index (χ4v) is 3.41. The summed E-state index contributed by atoms with van der Waals surface area (Å²) in [5, 5.41) is 26.4. The molecular formula is C19H17N5O7S. The summed E-state index contributed by atoms with van der Waals surface area (Å²) < 4.78 is 37.5. The monoisotopic (exact) mass is 459 g/mol. The van der Waals surface area contributed by atoms with Gasteiger partial charge in [-0.3, -0.25) is 4.72 Å². The minimum absolute atomic E-state index is 0.0426. The van der Waals surface area contributed by atoms with Gasteiger partial charge in [0.05, 0.1) is 30.5 Å². The van der Waals surface area contributed by atoms with Crippen LogP contribution in [0.2, 0.25) is 0 Å². The van der Waals surface area contributed by atoms with Crippen LogP contribution in [0, 0.1) is 0 Å². The molecule has 3 N–H and O–H groups in total. The molecule has 0 amide bonds. The molecule has 3 aromatic rings. The minimum atomic E-state index is -3.98. The Hall–Kier alpha value is -4.26. The number of hydrogen-bond donors (Lipinski definition) is 3. The highest BCUT2D eigenvalue weighted by Crippen LogP contribution is 2.26. The average Bonchev–Trinajstić information content (AvgIpc) is 2.78. The van der Waals surface area contributed by atoms with Gasteiger partial charge < -0.3 is 19.7 Å². The Morgan fingerprint density at radius 3 is 2.25 bits per heavy atom. The molecule has 13 heteroatoms. The predicted molar refractivity (Wildman–Crippen MR) is 112 cm³/mol. The first-order valence-electron chi connectivity index (χ1n) is 8.80. The van der Waals surface area contributed by atoms with Gasteiger partial charge in [-0.2, -0.15) is 20.2 Å². The van der Waals surface area contributed by atoms with E-state index in [-0.39, 0.29) is 33.9 Å². The van der Waals surface area contributed by atoms with E-state index in [0.717, 1.165) is 6.07 Å². The lowest BCUT2D eigenvalue weighted by Gasteiger charge is -2.09. The molecule has 1 heterocycles. The lowest BCUT2D eigenvalue weighted by molar-refractivity contribution is 0.0693. The van der Waals surface area contributed by atoms with E-state index in [1.807, 2.05) is 0 Å². The molecule has 0 unspecified atom stereocenters. The lowest BCUT2D eigenvalue weighted by atomic mass is 10.2. The van der Waals surface area contributed by atoms with Gasteiger partial charge in [-0.25, -0.2) is 13.2 Å². The first-order valence-corrected chi connectivity index (χ1v) is 10.3. The summed E-state index contributed by atoms with van der Waals surface area (Å²) >= 11 is 0. The molecule has 12 nitrogen and oxygen atoms in total. The van der Waals surface area contributed by atoms with E-state index in [4.69, 9.17) is 14.6 Å². The van der Waals surface area contributed by atoms with Gasteiger partial charge in [0.2, 0.25) is 5.88 Å². The van der Waals surface area contributed by atoms with E-state index in [9.17, 15) is 18.3 Å². The van der Waals surface area contributed by atoms with E-state index in [2.05, 4.69) is 24.9 Å². The van der Waals surface area contributed by atoms with Crippen LogP contribution in [0.25, 0.3) is 0 Å². The summed E-state index contributed by atoms with van der Waals surface area (Å²) in [6.45, 7) is 0. The van der Waals surface area contributed by atoms with Gasteiger partial charge in [-0.1, -0.05) is 0 Å². The van der Waals surface area contributed by atoms with Crippen molar-refractivity contribution in [2.75, 3.05) is 18.9 Å². The van der Waals surface area contributed by atoms with Crippen LogP contribution in [0.15, 0.2) is 63.7 Å². The Bertz CT molecular complexity index is 1260. The zero-order chi connectivity index (χ0) is 23.3. The Labute approximate surface area is 182 Å². The number of nitrogens with zero attached hydrogens (tertiary/aromatic N) is 4. The number of aromatic nitrogens is 2. The Kier molecular flexibility index (Phi) is 6.49. The zero-order valence-corrected chi connectivity index (χ0v) is 17.6. The highest BCUT2D eigenvalue weighted by molar-refractivity contribution is 7.92. The summed E-state index contributed by atoms with van der Waals surface area (Å²) in [5.41, 5.74) is 0.205. The van der Waals surface area contributed by atoms with Crippen molar-refractivity contribution in [2.24, 2.45) is 10.2 Å². The maximum absolute atomic E-state index is 12.6. The molecule has 2 aromatic carbocycles. The van der Waals surface area contributed by atoms with Crippen molar-refractivity contribution in [1.82, 2.24) is 9.97 Å². The molecule has 0 bridgehead atoms. The summed E-state index contributed by atoms with van der Waals surface area (Å²) in [7, 11) is -1.28. The highest BCUT2D eigenvalue weighted by Gasteiger charge is 2.17. The first-order chi connectivity index (χ1) is 15.2. The number of nitrogens with one attached hydrogen (secondary N) is 1. The minimum Gasteiger partial charge on any atom is -0.507 e. The number of phenols is 1. The quantitative estimate of drug-likeness (QED) is 0.428. The van der Waals surface area contributed by atoms with Crippen molar-refractivity contribution in [2.45, 2.75) is 4.90 Å². The lowest BCUT2D eigenvalue weighted by Crippen LogP contribution is -2.14. The number of sulfonamides is 1. The van der Waals surface area contributed by atoms with Crippen LogP contribution in [0.3, 0.4) is 0 Å². The van der Waals surface area contributed by atoms with E-state index in [1.54, 1.807) is 0 Å². The summed E-state index contributed by atoms with van der Waals surface area (Å²) in [5.74, 6) is -1.62. The molecular weight excluding hydrogens is 442 g/mol. The molecule has 0 fully saturated rings. The molecule has 0 atom stereocenters. The molecule has 0 radical (unpaired) electrons. The van der Waals surface area contributed by atoms with Crippen LogP contribution in [0.1, 0.15) is 10.4 Å². The number of methoxy groups -OCH3 is 2. The van der Waals surface area contributed by atoms with Crippen molar-refractivity contribution in [1.29, 1.82) is 0 Å². The molecule has 3 rings (SSSR count). The molecule has 32 heavy (non-hydrogen) atoms. The van der Waals surface area contributed by atoms with E-state index in [1.165, 1.54) is 56.7 Å². The van der Waals surface area contributed by atoms with Gasteiger partial charge in [0.1, 0.15) is 11.3 Å². The number of carboxylic acids is 1. The highest BCUT2D eigenvalue weighted by atomic mass is 32.2. The Morgan fingerprint density at radius 2 is 1.62 bits per heavy atom. The third kappa shape index (κ3) is 5.26. The predicted octanol–water partition coefficient (Wildman–Crippen LogP) is 3.11. The Balaban J connectivity index is 1.78. The van der Waals surface area contributed by atoms with Crippen LogP contribution in [-0.2, 0) is 10.0 Å². The summed E-state index contributed by atoms with van der Waals surface area (Å²) in [6.07, 6.45) is 0. The number of anilines is 1. The van der Waals surface area contributed by atoms with Crippen molar-refractivity contribution in [3.8, 4) is 17.6 Å². The Morgan fingerprint density at radius 1 is 0.969 bits per heavy atom. The van der Waals surface area contributed by atoms with Gasteiger partial charge >= 0.3 is 12.0 Å². The van der Waals surface area contributed by atoms with E-state index < -0.39 is 21.7 Å². The second-order valence-electron chi connectivity index (χ2n) is 6.09. The van der Waals surface area contributed by atoms with Crippen LogP contribution in [0.5, 0.6) is 17.6 Å². The SMILES string of the molecule is COc1cc(NS(=O)(=O)c2ccc(N=Nc3ccc(O)c(C(=O)O)c3)cc2)nc(OC)n1. The number of ether oxygens (including phenoxy) is 2. The molecule has 166 valence electrons. The standard InChI is InChI=1S/C19H17N5O7S/c1-30-17-10-16(20-19(21-17)31-2)24-32(28,29)13-6-3-11(4-7-13)22-23-12-5-8-15(25)14(9-12)18(26)27/h3-10,25H,1-2H3,(H,26,27)(H,20,21,24). The number of carbonyl (C=O) groups is 1.